The van der Waals surface area contributed by atoms with E-state index in [-0.39, 0.29) is 47.8 Å². The van der Waals surface area contributed by atoms with Crippen molar-refractivity contribution in [3.63, 3.8) is 0 Å². The number of nitriles is 1. The smallest absolute Gasteiger partial charge is 0.416 e. The lowest BCUT2D eigenvalue weighted by atomic mass is 9.85. The van der Waals surface area contributed by atoms with E-state index in [0.717, 1.165) is 29.8 Å². The van der Waals surface area contributed by atoms with Gasteiger partial charge in [-0.2, -0.15) is 18.4 Å². The molecule has 1 aliphatic rings. The van der Waals surface area contributed by atoms with E-state index < -0.39 is 62.9 Å². The first-order valence-electron chi connectivity index (χ1n) is 13.2. The first-order valence-corrected chi connectivity index (χ1v) is 13.5. The van der Waals surface area contributed by atoms with E-state index in [1.165, 1.54) is 7.11 Å². The topological polar surface area (TPSA) is 106 Å². The summed E-state index contributed by atoms with van der Waals surface area (Å²) in [6, 6.07) is 13.5. The molecule has 4 aromatic carbocycles. The van der Waals surface area contributed by atoms with Gasteiger partial charge < -0.3 is 20.1 Å². The molecule has 0 bridgehead atoms. The molecule has 0 saturated carbocycles. The molecule has 1 heterocycles. The van der Waals surface area contributed by atoms with Gasteiger partial charge in [-0.15, -0.1) is 0 Å². The minimum Gasteiger partial charge on any atom is -0.497 e. The molecule has 4 aromatic rings. The molecule has 45 heavy (non-hydrogen) atoms. The zero-order valence-electron chi connectivity index (χ0n) is 23.3. The highest BCUT2D eigenvalue weighted by molar-refractivity contribution is 6.35. The second-order valence-electron chi connectivity index (χ2n) is 9.95. The number of halogens is 6. The zero-order chi connectivity index (χ0) is 32.6. The van der Waals surface area contributed by atoms with Crippen LogP contribution in [0, 0.1) is 23.0 Å². The minimum atomic E-state index is -5.05. The molecular formula is C32H21ClF5N3O4. The lowest BCUT2D eigenvalue weighted by Gasteiger charge is -2.33. The normalized spacial score (nSPS) is 12.6. The van der Waals surface area contributed by atoms with Gasteiger partial charge in [-0.25, -0.2) is 8.78 Å². The molecule has 1 amide bonds. The number of hydrogen-bond donors (Lipinski definition) is 1. The van der Waals surface area contributed by atoms with Crippen LogP contribution >= 0.6 is 11.6 Å². The molecule has 2 N–H and O–H groups in total. The van der Waals surface area contributed by atoms with Gasteiger partial charge in [-0.05, 0) is 54.1 Å². The number of carbonyl (C=O) groups excluding carboxylic acids is 2. The molecule has 0 unspecified atom stereocenters. The van der Waals surface area contributed by atoms with Gasteiger partial charge in [0.15, 0.2) is 5.78 Å². The first kappa shape index (κ1) is 31.3. The molecule has 0 fully saturated rings. The van der Waals surface area contributed by atoms with Crippen molar-refractivity contribution in [1.82, 2.24) is 0 Å². The molecule has 13 heteroatoms. The summed E-state index contributed by atoms with van der Waals surface area (Å²) in [7, 11) is 1.51. The Morgan fingerprint density at radius 2 is 1.78 bits per heavy atom. The fourth-order valence-electron chi connectivity index (χ4n) is 5.15. The van der Waals surface area contributed by atoms with Crippen molar-refractivity contribution in [2.24, 2.45) is 5.73 Å². The van der Waals surface area contributed by atoms with Crippen molar-refractivity contribution in [3.8, 4) is 28.7 Å². The summed E-state index contributed by atoms with van der Waals surface area (Å²) in [6.45, 7) is 0.529. The fourth-order valence-corrected chi connectivity index (χ4v) is 5.35. The van der Waals surface area contributed by atoms with Gasteiger partial charge in [0.05, 0.1) is 46.6 Å². The number of carbonyl (C=O) groups is 2. The molecule has 0 atom stereocenters. The van der Waals surface area contributed by atoms with Gasteiger partial charge in [0.1, 0.15) is 35.8 Å². The summed E-state index contributed by atoms with van der Waals surface area (Å²) in [5, 5.41) is 10.3. The number of alkyl halides is 3. The Hall–Kier alpha value is -5.15. The van der Waals surface area contributed by atoms with E-state index >= 15 is 4.39 Å². The van der Waals surface area contributed by atoms with E-state index in [1.54, 1.807) is 29.2 Å². The van der Waals surface area contributed by atoms with Crippen LogP contribution in [0.1, 0.15) is 43.0 Å². The van der Waals surface area contributed by atoms with Crippen molar-refractivity contribution in [2.75, 3.05) is 25.2 Å². The van der Waals surface area contributed by atoms with Gasteiger partial charge >= 0.3 is 6.18 Å². The summed E-state index contributed by atoms with van der Waals surface area (Å²) in [4.78, 5) is 28.3. The Morgan fingerprint density at radius 1 is 1.07 bits per heavy atom. The Morgan fingerprint density at radius 3 is 2.40 bits per heavy atom. The van der Waals surface area contributed by atoms with Crippen molar-refractivity contribution < 1.29 is 41.0 Å². The zero-order valence-corrected chi connectivity index (χ0v) is 24.0. The first-order chi connectivity index (χ1) is 21.3. The maximum Gasteiger partial charge on any atom is 0.416 e. The van der Waals surface area contributed by atoms with Crippen LogP contribution < -0.4 is 20.1 Å². The average Bonchev–Trinajstić information content (AvgIpc) is 3.00. The highest BCUT2D eigenvalue weighted by Gasteiger charge is 2.36. The molecule has 0 saturated heterocycles. The summed E-state index contributed by atoms with van der Waals surface area (Å²) in [6.07, 6.45) is -5.05. The third kappa shape index (κ3) is 5.99. The SMILES string of the molecule is COc1ccc(CN2CCOc3cc(-c4c(F)cc(C(F)(F)F)cc4C(N)=O)c(C(=O)c4cc(F)ccc4Cl)c(C#N)c32)cc1. The van der Waals surface area contributed by atoms with Gasteiger partial charge in [0, 0.05) is 23.2 Å². The van der Waals surface area contributed by atoms with E-state index in [4.69, 9.17) is 26.8 Å². The number of primary amides is 1. The van der Waals surface area contributed by atoms with E-state index in [0.29, 0.717) is 11.8 Å². The molecule has 0 aliphatic carbocycles. The number of fused-ring (bicyclic) bond motifs is 1. The molecule has 7 nitrogen and oxygen atoms in total. The number of methoxy groups -OCH3 is 1. The van der Waals surface area contributed by atoms with Crippen LogP contribution in [-0.4, -0.2) is 32.0 Å². The van der Waals surface area contributed by atoms with Crippen LogP contribution in [-0.2, 0) is 12.7 Å². The summed E-state index contributed by atoms with van der Waals surface area (Å²) in [5.41, 5.74) is 1.33. The van der Waals surface area contributed by atoms with Crippen molar-refractivity contribution in [1.29, 1.82) is 5.26 Å². The number of rotatable bonds is 7. The van der Waals surface area contributed by atoms with E-state index in [2.05, 4.69) is 0 Å². The molecule has 0 radical (unpaired) electrons. The van der Waals surface area contributed by atoms with Crippen LogP contribution in [0.5, 0.6) is 11.5 Å². The Balaban J connectivity index is 1.83. The van der Waals surface area contributed by atoms with Crippen molar-refractivity contribution in [2.45, 2.75) is 12.7 Å². The summed E-state index contributed by atoms with van der Waals surface area (Å²) in [5.74, 6) is -4.31. The van der Waals surface area contributed by atoms with Gasteiger partial charge in [0.2, 0.25) is 5.91 Å². The van der Waals surface area contributed by atoms with Crippen LogP contribution in [0.25, 0.3) is 11.1 Å². The van der Waals surface area contributed by atoms with Gasteiger partial charge in [-0.3, -0.25) is 9.59 Å². The average molecular weight is 642 g/mol. The summed E-state index contributed by atoms with van der Waals surface area (Å²) < 4.78 is 81.7. The second kappa shape index (κ2) is 12.1. The maximum absolute atomic E-state index is 15.7. The molecular weight excluding hydrogens is 621 g/mol. The predicted octanol–water partition coefficient (Wildman–Crippen LogP) is 6.91. The number of nitrogens with zero attached hydrogens (tertiary/aromatic N) is 2. The minimum absolute atomic E-state index is 0.0158. The Labute approximate surface area is 258 Å². The van der Waals surface area contributed by atoms with E-state index in [9.17, 15) is 32.4 Å². The number of amides is 1. The number of ether oxygens (including phenoxy) is 2. The third-order valence-corrected chi connectivity index (χ3v) is 7.53. The van der Waals surface area contributed by atoms with Crippen molar-refractivity contribution >= 4 is 29.0 Å². The molecule has 1 aliphatic heterocycles. The Bertz CT molecular complexity index is 1890. The molecule has 0 aromatic heterocycles. The Kier molecular flexibility index (Phi) is 8.40. The van der Waals surface area contributed by atoms with Crippen LogP contribution in [0.4, 0.5) is 27.6 Å². The number of hydrogen-bond acceptors (Lipinski definition) is 6. The number of nitrogens with two attached hydrogens (primary N) is 1. The van der Waals surface area contributed by atoms with Crippen LogP contribution in [0.15, 0.2) is 60.7 Å². The lowest BCUT2D eigenvalue weighted by Crippen LogP contribution is -2.33. The number of ketones is 1. The van der Waals surface area contributed by atoms with Gasteiger partial charge in [0.25, 0.3) is 0 Å². The highest BCUT2D eigenvalue weighted by atomic mass is 35.5. The predicted molar refractivity (Wildman–Crippen MR) is 154 cm³/mol. The standard InChI is InChI=1S/C32H21ClF5N3O4/c1-44-19-5-2-16(3-6-19)15-41-8-9-45-26-13-21(27-22(31(40)43)10-17(11-25(27)35)32(36,37)38)28(23(14-39)29(26)41)30(42)20-12-18(34)4-7-24(20)33/h2-7,10-13H,8-9,15H2,1H3,(H2,40,43). The number of anilines is 1. The number of benzene rings is 4. The van der Waals surface area contributed by atoms with Crippen LogP contribution in [0.2, 0.25) is 5.02 Å². The molecule has 5 rings (SSSR count). The van der Waals surface area contributed by atoms with Crippen LogP contribution in [0.3, 0.4) is 0 Å². The van der Waals surface area contributed by atoms with Crippen molar-refractivity contribution in [3.05, 3.63) is 111 Å². The third-order valence-electron chi connectivity index (χ3n) is 7.20. The molecule has 0 spiro atoms. The fraction of sp³-hybridized carbons (Fsp3) is 0.156. The largest absolute Gasteiger partial charge is 0.497 e. The maximum atomic E-state index is 15.7. The second-order valence-corrected chi connectivity index (χ2v) is 10.4. The van der Waals surface area contributed by atoms with Gasteiger partial charge in [-0.1, -0.05) is 23.7 Å². The summed E-state index contributed by atoms with van der Waals surface area (Å²) >= 11 is 6.23. The highest BCUT2D eigenvalue weighted by Crippen LogP contribution is 2.46. The quantitative estimate of drug-likeness (QED) is 0.174. The molecule has 230 valence electrons. The lowest BCUT2D eigenvalue weighted by molar-refractivity contribution is -0.137. The monoisotopic (exact) mass is 641 g/mol. The van der Waals surface area contributed by atoms with E-state index in [1.807, 2.05) is 6.07 Å².